The van der Waals surface area contributed by atoms with E-state index in [1.807, 2.05) is 24.3 Å². The zero-order valence-electron chi connectivity index (χ0n) is 11.0. The number of hydrogen-bond donors (Lipinski definition) is 2. The molecule has 6 nitrogen and oxygen atoms in total. The minimum atomic E-state index is -0.0142. The fourth-order valence-corrected chi connectivity index (χ4v) is 2.76. The maximum absolute atomic E-state index is 8.69. The standard InChI is InChI=1S/C14H13N3O3S/c15-14(17-18)11-7-10(3-4-16-11)21-9-1-2-12-13(8-9)20-6-5-19-12/h1-4,7-8,18H,5-6H2,(H2,15,17). The van der Waals surface area contributed by atoms with E-state index in [2.05, 4.69) is 10.1 Å². The number of hydrogen-bond acceptors (Lipinski definition) is 6. The van der Waals surface area contributed by atoms with Gasteiger partial charge in [0.1, 0.15) is 18.9 Å². The molecule has 1 aliphatic heterocycles. The molecule has 1 aromatic carbocycles. The zero-order chi connectivity index (χ0) is 14.7. The summed E-state index contributed by atoms with van der Waals surface area (Å²) in [7, 11) is 0. The second-order valence-electron chi connectivity index (χ2n) is 4.27. The van der Waals surface area contributed by atoms with Crippen LogP contribution in [-0.2, 0) is 0 Å². The SMILES string of the molecule is N/C(=N/O)c1cc(Sc2ccc3c(c2)OCCO3)ccn1. The second kappa shape index (κ2) is 5.92. The van der Waals surface area contributed by atoms with Gasteiger partial charge in [0.15, 0.2) is 17.3 Å². The van der Waals surface area contributed by atoms with Gasteiger partial charge in [-0.2, -0.15) is 0 Å². The van der Waals surface area contributed by atoms with Crippen LogP contribution in [-0.4, -0.2) is 29.2 Å². The van der Waals surface area contributed by atoms with Crippen LogP contribution >= 0.6 is 11.8 Å². The number of amidine groups is 1. The van der Waals surface area contributed by atoms with Gasteiger partial charge in [0.05, 0.1) is 0 Å². The smallest absolute Gasteiger partial charge is 0.188 e. The first-order valence-electron chi connectivity index (χ1n) is 6.28. The first kappa shape index (κ1) is 13.6. The molecule has 3 rings (SSSR count). The van der Waals surface area contributed by atoms with Crippen molar-refractivity contribution in [2.75, 3.05) is 13.2 Å². The van der Waals surface area contributed by atoms with Crippen molar-refractivity contribution in [2.24, 2.45) is 10.9 Å². The molecule has 0 aliphatic carbocycles. The highest BCUT2D eigenvalue weighted by atomic mass is 32.2. The average molecular weight is 303 g/mol. The number of benzene rings is 1. The van der Waals surface area contributed by atoms with Crippen LogP contribution in [0.15, 0.2) is 51.5 Å². The number of rotatable bonds is 3. The molecule has 0 atom stereocenters. The van der Waals surface area contributed by atoms with Crippen LogP contribution in [0.2, 0.25) is 0 Å². The molecule has 1 aliphatic rings. The van der Waals surface area contributed by atoms with Crippen LogP contribution in [0, 0.1) is 0 Å². The van der Waals surface area contributed by atoms with Gasteiger partial charge in [-0.25, -0.2) is 0 Å². The number of aromatic nitrogens is 1. The Balaban J connectivity index is 1.83. The molecule has 0 unspecified atom stereocenters. The Hall–Kier alpha value is -2.41. The van der Waals surface area contributed by atoms with E-state index in [-0.39, 0.29) is 5.84 Å². The Kier molecular flexibility index (Phi) is 3.83. The Morgan fingerprint density at radius 1 is 1.14 bits per heavy atom. The number of nitrogens with two attached hydrogens (primary N) is 1. The summed E-state index contributed by atoms with van der Waals surface area (Å²) in [5, 5.41) is 11.6. The third-order valence-electron chi connectivity index (χ3n) is 2.85. The Bertz CT molecular complexity index is 691. The van der Waals surface area contributed by atoms with Crippen molar-refractivity contribution in [3.05, 3.63) is 42.2 Å². The van der Waals surface area contributed by atoms with Crippen molar-refractivity contribution in [3.63, 3.8) is 0 Å². The van der Waals surface area contributed by atoms with E-state index in [1.54, 1.807) is 12.3 Å². The van der Waals surface area contributed by atoms with E-state index in [9.17, 15) is 0 Å². The lowest BCUT2D eigenvalue weighted by atomic mass is 10.3. The normalized spacial score (nSPS) is 14.0. The van der Waals surface area contributed by atoms with Crippen molar-refractivity contribution in [1.82, 2.24) is 4.98 Å². The molecular formula is C14H13N3O3S. The van der Waals surface area contributed by atoms with Gasteiger partial charge in [-0.1, -0.05) is 16.9 Å². The summed E-state index contributed by atoms with van der Waals surface area (Å²) in [6, 6.07) is 9.40. The second-order valence-corrected chi connectivity index (χ2v) is 5.42. The molecule has 2 heterocycles. The number of nitrogens with zero attached hydrogens (tertiary/aromatic N) is 2. The zero-order valence-corrected chi connectivity index (χ0v) is 11.8. The molecule has 1 aromatic heterocycles. The lowest BCUT2D eigenvalue weighted by Crippen LogP contribution is -2.15. The van der Waals surface area contributed by atoms with Gasteiger partial charge >= 0.3 is 0 Å². The van der Waals surface area contributed by atoms with Crippen LogP contribution in [0.25, 0.3) is 0 Å². The summed E-state index contributed by atoms with van der Waals surface area (Å²) >= 11 is 1.53. The van der Waals surface area contributed by atoms with Crippen LogP contribution in [0.5, 0.6) is 11.5 Å². The predicted molar refractivity (Wildman–Crippen MR) is 78.3 cm³/mol. The van der Waals surface area contributed by atoms with Crippen molar-refractivity contribution >= 4 is 17.6 Å². The topological polar surface area (TPSA) is 90.0 Å². The Morgan fingerprint density at radius 2 is 1.90 bits per heavy atom. The molecule has 2 aromatic rings. The molecule has 0 fully saturated rings. The molecule has 3 N–H and O–H groups in total. The number of ether oxygens (including phenoxy) is 2. The highest BCUT2D eigenvalue weighted by molar-refractivity contribution is 7.99. The summed E-state index contributed by atoms with van der Waals surface area (Å²) in [5.41, 5.74) is 5.97. The van der Waals surface area contributed by atoms with E-state index in [0.717, 1.165) is 21.3 Å². The first-order chi connectivity index (χ1) is 10.3. The van der Waals surface area contributed by atoms with E-state index in [0.29, 0.717) is 18.9 Å². The third kappa shape index (κ3) is 3.03. The lowest BCUT2D eigenvalue weighted by molar-refractivity contribution is 0.171. The number of oxime groups is 1. The Morgan fingerprint density at radius 3 is 2.71 bits per heavy atom. The van der Waals surface area contributed by atoms with Gasteiger partial charge in [-0.15, -0.1) is 0 Å². The Labute approximate surface area is 125 Å². The minimum Gasteiger partial charge on any atom is -0.486 e. The van der Waals surface area contributed by atoms with Crippen LogP contribution < -0.4 is 15.2 Å². The monoisotopic (exact) mass is 303 g/mol. The van der Waals surface area contributed by atoms with E-state index >= 15 is 0 Å². The van der Waals surface area contributed by atoms with Crippen LogP contribution in [0.3, 0.4) is 0 Å². The molecule has 108 valence electrons. The highest BCUT2D eigenvalue weighted by Crippen LogP contribution is 2.36. The summed E-state index contributed by atoms with van der Waals surface area (Å²) in [6.45, 7) is 1.14. The fourth-order valence-electron chi connectivity index (χ4n) is 1.89. The summed E-state index contributed by atoms with van der Waals surface area (Å²) < 4.78 is 11.0. The molecule has 21 heavy (non-hydrogen) atoms. The molecule has 0 bridgehead atoms. The van der Waals surface area contributed by atoms with Crippen LogP contribution in [0.4, 0.5) is 0 Å². The maximum atomic E-state index is 8.69. The lowest BCUT2D eigenvalue weighted by Gasteiger charge is -2.18. The van der Waals surface area contributed by atoms with Crippen molar-refractivity contribution in [2.45, 2.75) is 9.79 Å². The van der Waals surface area contributed by atoms with Gasteiger partial charge in [-0.3, -0.25) is 4.98 Å². The molecule has 0 saturated heterocycles. The molecule has 7 heteroatoms. The molecule has 0 saturated carbocycles. The van der Waals surface area contributed by atoms with Gasteiger partial charge in [-0.05, 0) is 30.3 Å². The van der Waals surface area contributed by atoms with Gasteiger partial charge < -0.3 is 20.4 Å². The molecule has 0 spiro atoms. The maximum Gasteiger partial charge on any atom is 0.188 e. The minimum absolute atomic E-state index is 0.0142. The van der Waals surface area contributed by atoms with Gasteiger partial charge in [0, 0.05) is 16.0 Å². The molecule has 0 radical (unpaired) electrons. The highest BCUT2D eigenvalue weighted by Gasteiger charge is 2.12. The van der Waals surface area contributed by atoms with Gasteiger partial charge in [0.25, 0.3) is 0 Å². The van der Waals surface area contributed by atoms with Crippen molar-refractivity contribution in [3.8, 4) is 11.5 Å². The predicted octanol–water partition coefficient (Wildman–Crippen LogP) is 2.10. The summed E-state index contributed by atoms with van der Waals surface area (Å²) in [4.78, 5) is 5.99. The number of pyridine rings is 1. The fraction of sp³-hybridized carbons (Fsp3) is 0.143. The quantitative estimate of drug-likeness (QED) is 0.390. The van der Waals surface area contributed by atoms with Crippen molar-refractivity contribution < 1.29 is 14.7 Å². The number of fused-ring (bicyclic) bond motifs is 1. The first-order valence-corrected chi connectivity index (χ1v) is 7.09. The van der Waals surface area contributed by atoms with Crippen LogP contribution in [0.1, 0.15) is 5.69 Å². The van der Waals surface area contributed by atoms with Gasteiger partial charge in [0.2, 0.25) is 0 Å². The summed E-state index contributed by atoms with van der Waals surface area (Å²) in [5.74, 6) is 1.49. The average Bonchev–Trinajstić information content (AvgIpc) is 2.54. The largest absolute Gasteiger partial charge is 0.486 e. The third-order valence-corrected chi connectivity index (χ3v) is 3.83. The van der Waals surface area contributed by atoms with E-state index in [4.69, 9.17) is 20.4 Å². The molecular weight excluding hydrogens is 290 g/mol. The van der Waals surface area contributed by atoms with E-state index in [1.165, 1.54) is 11.8 Å². The van der Waals surface area contributed by atoms with E-state index < -0.39 is 0 Å². The van der Waals surface area contributed by atoms with Crippen molar-refractivity contribution in [1.29, 1.82) is 0 Å². The molecule has 0 amide bonds. The summed E-state index contributed by atoms with van der Waals surface area (Å²) in [6.07, 6.45) is 1.62.